The van der Waals surface area contributed by atoms with Crippen LogP contribution in [0.25, 0.3) is 0 Å². The summed E-state index contributed by atoms with van der Waals surface area (Å²) in [5, 5.41) is 37.6. The number of methoxy groups -OCH3 is 1. The van der Waals surface area contributed by atoms with Crippen LogP contribution in [-0.2, 0) is 49.2 Å². The van der Waals surface area contributed by atoms with E-state index in [1.54, 1.807) is 19.1 Å². The predicted octanol–water partition coefficient (Wildman–Crippen LogP) is 7.00. The summed E-state index contributed by atoms with van der Waals surface area (Å²) in [4.78, 5) is 41.4. The lowest BCUT2D eigenvalue weighted by Gasteiger charge is -2.54. The maximum atomic E-state index is 14.7. The molecule has 4 N–H and O–H groups in total. The van der Waals surface area contributed by atoms with Gasteiger partial charge in [0, 0.05) is 36.5 Å². The molecule has 19 atom stereocenters. The molecule has 1 amide bonds. The lowest BCUT2D eigenvalue weighted by Crippen LogP contribution is -2.63. The SMILES string of the molecule is CC[C@@H](C(=O)[C@@H](C)[C@@H](O)[C@H](C)[C@@H]1O[C@@H]([C@@H](CC)C(=O)N[C@@H](Cc2ccccc2)C(=O)OC)CC[C@@H]1C)[C@H]1O[C@]2(C=C[C@@H](O)[C@]3(CC[C@@](C)([C@H]4CC[C@](O)(CC)[C@H](C)O4)O3)O2)[C@H](C)C[C@@H]1C. The van der Waals surface area contributed by atoms with Gasteiger partial charge >= 0.3 is 5.97 Å². The summed E-state index contributed by atoms with van der Waals surface area (Å²) in [6, 6.07) is 8.63. The van der Waals surface area contributed by atoms with Crippen LogP contribution in [0, 0.1) is 41.4 Å². The summed E-state index contributed by atoms with van der Waals surface area (Å²) >= 11 is 0. The van der Waals surface area contributed by atoms with Gasteiger partial charge in [-0.3, -0.25) is 9.59 Å². The van der Waals surface area contributed by atoms with Crippen molar-refractivity contribution < 1.29 is 58.1 Å². The van der Waals surface area contributed by atoms with Crippen molar-refractivity contribution in [3.05, 3.63) is 48.0 Å². The second kappa shape index (κ2) is 20.9. The predicted molar refractivity (Wildman–Crippen MR) is 245 cm³/mol. The molecule has 0 aliphatic carbocycles. The van der Waals surface area contributed by atoms with E-state index in [9.17, 15) is 29.7 Å². The molecule has 13 heteroatoms. The molecule has 6 rings (SSSR count). The number of aliphatic hydroxyl groups excluding tert-OH is 2. The summed E-state index contributed by atoms with van der Waals surface area (Å²) in [7, 11) is 1.31. The number of ether oxygens (including phenoxy) is 6. The van der Waals surface area contributed by atoms with Crippen LogP contribution in [0.1, 0.15) is 139 Å². The highest BCUT2D eigenvalue weighted by Gasteiger charge is 2.63. The Bertz CT molecular complexity index is 1810. The van der Waals surface area contributed by atoms with Crippen molar-refractivity contribution in [1.29, 1.82) is 0 Å². The number of carbonyl (C=O) groups is 3. The number of rotatable bonds is 16. The molecule has 0 saturated carbocycles. The molecule has 366 valence electrons. The molecule has 4 saturated heterocycles. The van der Waals surface area contributed by atoms with E-state index in [0.717, 1.165) is 12.0 Å². The first-order valence-electron chi connectivity index (χ1n) is 24.8. The second-order valence-corrected chi connectivity index (χ2v) is 20.9. The van der Waals surface area contributed by atoms with Crippen LogP contribution < -0.4 is 5.32 Å². The summed E-state index contributed by atoms with van der Waals surface area (Å²) in [5.74, 6) is -5.91. The first kappa shape index (κ1) is 51.6. The first-order chi connectivity index (χ1) is 30.7. The van der Waals surface area contributed by atoms with E-state index in [-0.39, 0.29) is 41.7 Å². The Balaban J connectivity index is 1.13. The van der Waals surface area contributed by atoms with Crippen LogP contribution in [0.4, 0.5) is 0 Å². The van der Waals surface area contributed by atoms with E-state index in [0.29, 0.717) is 64.2 Å². The fourth-order valence-electron chi connectivity index (χ4n) is 12.0. The fraction of sp³-hybridized carbons (Fsp3) is 0.788. The van der Waals surface area contributed by atoms with Gasteiger partial charge in [0.05, 0.1) is 60.9 Å². The van der Waals surface area contributed by atoms with Crippen LogP contribution >= 0.6 is 0 Å². The quantitative estimate of drug-likeness (QED) is 0.0988. The maximum Gasteiger partial charge on any atom is 0.328 e. The number of aliphatic hydroxyl groups is 3. The molecule has 1 aromatic rings. The average Bonchev–Trinajstić information content (AvgIpc) is 3.64. The monoisotopic (exact) mass is 912 g/mol. The van der Waals surface area contributed by atoms with Gasteiger partial charge in [0.1, 0.15) is 17.9 Å². The highest BCUT2D eigenvalue weighted by atomic mass is 16.8. The summed E-state index contributed by atoms with van der Waals surface area (Å²) in [5.41, 5.74) is -0.764. The highest BCUT2D eigenvalue weighted by molar-refractivity contribution is 5.86. The number of hydrogen-bond acceptors (Lipinski definition) is 12. The zero-order valence-electron chi connectivity index (χ0n) is 41.0. The number of ketones is 1. The zero-order valence-corrected chi connectivity index (χ0v) is 41.0. The second-order valence-electron chi connectivity index (χ2n) is 20.9. The summed E-state index contributed by atoms with van der Waals surface area (Å²) < 4.78 is 39.1. The number of esters is 1. The van der Waals surface area contributed by atoms with Crippen LogP contribution in [0.15, 0.2) is 42.5 Å². The molecule has 5 aliphatic heterocycles. The van der Waals surface area contributed by atoms with Crippen LogP contribution in [0.5, 0.6) is 0 Å². The topological polar surface area (TPSA) is 179 Å². The number of benzene rings is 1. The Labute approximate surface area is 388 Å². The van der Waals surface area contributed by atoms with E-state index in [4.69, 9.17) is 28.4 Å². The molecule has 0 aromatic heterocycles. The number of hydrogen-bond donors (Lipinski definition) is 4. The molecule has 0 bridgehead atoms. The van der Waals surface area contributed by atoms with Gasteiger partial charge in [0.2, 0.25) is 11.7 Å². The summed E-state index contributed by atoms with van der Waals surface area (Å²) in [6.45, 7) is 19.7. The van der Waals surface area contributed by atoms with Crippen molar-refractivity contribution in [2.24, 2.45) is 41.4 Å². The molecule has 5 heterocycles. The molecule has 5 aliphatic rings. The molecular formula is C52H81NO12. The fourth-order valence-corrected chi connectivity index (χ4v) is 12.0. The van der Waals surface area contributed by atoms with Gasteiger partial charge < -0.3 is 49.1 Å². The van der Waals surface area contributed by atoms with E-state index in [2.05, 4.69) is 26.1 Å². The third-order valence-electron chi connectivity index (χ3n) is 16.6. The average molecular weight is 912 g/mol. The molecule has 13 nitrogen and oxygen atoms in total. The Morgan fingerprint density at radius 1 is 0.892 bits per heavy atom. The van der Waals surface area contributed by atoms with Crippen LogP contribution in [0.2, 0.25) is 0 Å². The number of amides is 1. The smallest absolute Gasteiger partial charge is 0.328 e. The van der Waals surface area contributed by atoms with Crippen LogP contribution in [0.3, 0.4) is 0 Å². The molecule has 0 unspecified atom stereocenters. The first-order valence-corrected chi connectivity index (χ1v) is 24.8. The lowest BCUT2D eigenvalue weighted by atomic mass is 9.72. The highest BCUT2D eigenvalue weighted by Crippen LogP contribution is 2.54. The molecule has 2 spiro atoms. The number of Topliss-reactive ketones (excluding diaryl/α,β-unsaturated/α-hetero) is 1. The normalized spacial score (nSPS) is 40.1. The van der Waals surface area contributed by atoms with E-state index in [1.165, 1.54) is 7.11 Å². The third-order valence-corrected chi connectivity index (χ3v) is 16.6. The standard InChI is InChI=1S/C52H81NO12/c1-12-37(47(57)53-39(48(58)60-11)29-36-18-16-15-17-19-36)40-21-20-30(4)45(62-40)34(8)43(55)33(7)44(56)38(13-2)46-31(5)28-32(6)51(63-46)25-22-41(54)52(65-51)27-26-49(10,64-52)42-23-24-50(59,14-3)35(9)61-42/h15-19,22,25,30-35,37-43,45-46,54-55,59H,12-14,20-21,23-24,26-29H2,1-11H3,(H,53,57)/t30-,31-,32+,33-,34-,35-,37+,38-,39-,40+,41+,42+,43+,45+,46-,49-,50+,51-,52-/m0/s1. The van der Waals surface area contributed by atoms with Gasteiger partial charge in [-0.1, -0.05) is 85.7 Å². The van der Waals surface area contributed by atoms with Crippen molar-refractivity contribution in [2.45, 2.75) is 211 Å². The van der Waals surface area contributed by atoms with Crippen LogP contribution in [-0.4, -0.2) is 112 Å². The lowest BCUT2D eigenvalue weighted by molar-refractivity contribution is -0.409. The minimum Gasteiger partial charge on any atom is -0.467 e. The Hall–Kier alpha value is -2.75. The number of nitrogens with one attached hydrogen (secondary N) is 1. The van der Waals surface area contributed by atoms with Gasteiger partial charge in [-0.15, -0.1) is 0 Å². The van der Waals surface area contributed by atoms with Gasteiger partial charge in [0.25, 0.3) is 0 Å². The number of carbonyl (C=O) groups excluding carboxylic acids is 3. The largest absolute Gasteiger partial charge is 0.467 e. The van der Waals surface area contributed by atoms with Crippen molar-refractivity contribution in [1.82, 2.24) is 5.32 Å². The van der Waals surface area contributed by atoms with E-state index >= 15 is 0 Å². The molecular weight excluding hydrogens is 831 g/mol. The summed E-state index contributed by atoms with van der Waals surface area (Å²) in [6.07, 6.45) is 5.52. The maximum absolute atomic E-state index is 14.7. The Morgan fingerprint density at radius 2 is 1.58 bits per heavy atom. The Morgan fingerprint density at radius 3 is 2.22 bits per heavy atom. The van der Waals surface area contributed by atoms with Gasteiger partial charge in [-0.05, 0) is 101 Å². The van der Waals surface area contributed by atoms with Crippen molar-refractivity contribution in [3.8, 4) is 0 Å². The van der Waals surface area contributed by atoms with Crippen molar-refractivity contribution in [3.63, 3.8) is 0 Å². The zero-order chi connectivity index (χ0) is 47.6. The molecule has 0 radical (unpaired) electrons. The van der Waals surface area contributed by atoms with Crippen molar-refractivity contribution in [2.75, 3.05) is 7.11 Å². The molecule has 65 heavy (non-hydrogen) atoms. The van der Waals surface area contributed by atoms with E-state index < -0.39 is 89.0 Å². The Kier molecular flexibility index (Phi) is 16.6. The third kappa shape index (κ3) is 10.5. The molecule has 4 fully saturated rings. The van der Waals surface area contributed by atoms with Crippen molar-refractivity contribution >= 4 is 17.7 Å². The van der Waals surface area contributed by atoms with Gasteiger partial charge in [0.15, 0.2) is 5.79 Å². The minimum absolute atomic E-state index is 0.0126. The molecule has 1 aromatic carbocycles. The van der Waals surface area contributed by atoms with Gasteiger partial charge in [-0.25, -0.2) is 4.79 Å². The van der Waals surface area contributed by atoms with E-state index in [1.807, 2.05) is 71.9 Å². The minimum atomic E-state index is -1.39. The van der Waals surface area contributed by atoms with Gasteiger partial charge in [-0.2, -0.15) is 0 Å².